The van der Waals surface area contributed by atoms with Crippen LogP contribution in [-0.2, 0) is 7.05 Å². The smallest absolute Gasteiger partial charge is 0.213 e. The molecule has 0 aliphatic heterocycles. The monoisotopic (exact) mass is 416 g/mol. The number of imidazole rings is 1. The number of hydrogen-bond donors (Lipinski definition) is 0. The maximum absolute atomic E-state index is 4.74. The zero-order valence-corrected chi connectivity index (χ0v) is 16.1. The van der Waals surface area contributed by atoms with E-state index in [9.17, 15) is 0 Å². The largest absolute Gasteiger partial charge is 0.350 e. The van der Waals surface area contributed by atoms with Crippen LogP contribution in [0.15, 0.2) is 53.5 Å². The molecule has 7 heteroatoms. The molecule has 0 fully saturated rings. The van der Waals surface area contributed by atoms with Crippen LogP contribution in [0.4, 0.5) is 0 Å². The van der Waals surface area contributed by atoms with Crippen molar-refractivity contribution >= 4 is 55.5 Å². The highest BCUT2D eigenvalue weighted by atomic mass is 79.9. The molecule has 0 bridgehead atoms. The van der Waals surface area contributed by atoms with Crippen molar-refractivity contribution in [2.24, 2.45) is 7.05 Å². The molecule has 0 saturated carbocycles. The van der Waals surface area contributed by atoms with Crippen molar-refractivity contribution in [1.29, 1.82) is 0 Å². The number of aromatic nitrogens is 4. The highest BCUT2D eigenvalue weighted by molar-refractivity contribution is 8.93. The van der Waals surface area contributed by atoms with E-state index in [1.54, 1.807) is 22.7 Å². The summed E-state index contributed by atoms with van der Waals surface area (Å²) in [7, 11) is 2.07. The Bertz CT molecular complexity index is 1100. The third-order valence-corrected chi connectivity index (χ3v) is 5.63. The molecule has 5 aromatic rings. The average molecular weight is 417 g/mol. The number of rotatable bonds is 2. The van der Waals surface area contributed by atoms with Crippen LogP contribution >= 0.6 is 39.7 Å². The molecule has 0 N–H and O–H groups in total. The van der Waals surface area contributed by atoms with E-state index in [1.165, 1.54) is 10.9 Å². The van der Waals surface area contributed by atoms with E-state index in [-0.39, 0.29) is 17.0 Å². The van der Waals surface area contributed by atoms with E-state index in [1.807, 2.05) is 10.7 Å². The molecule has 24 heavy (non-hydrogen) atoms. The Hall–Kier alpha value is -1.96. The van der Waals surface area contributed by atoms with E-state index >= 15 is 0 Å². The van der Waals surface area contributed by atoms with Crippen molar-refractivity contribution in [1.82, 2.24) is 19.2 Å². The quantitative estimate of drug-likeness (QED) is 0.393. The number of hydrogen-bond acceptors (Lipinski definition) is 4. The van der Waals surface area contributed by atoms with Gasteiger partial charge in [-0.1, -0.05) is 29.5 Å². The van der Waals surface area contributed by atoms with Gasteiger partial charge in [0.05, 0.1) is 11.9 Å². The number of nitrogens with zero attached hydrogens (tertiary/aromatic N) is 4. The fraction of sp³-hybridized carbons (Fsp3) is 0.0588. The molecule has 0 saturated heterocycles. The van der Waals surface area contributed by atoms with Gasteiger partial charge >= 0.3 is 0 Å². The van der Waals surface area contributed by atoms with Gasteiger partial charge in [0.2, 0.25) is 4.96 Å². The fourth-order valence-electron chi connectivity index (χ4n) is 2.87. The standard InChI is InChI=1S/C17H12N4S2.BrH/c1-20-8-13(12-4-2-3-5-15(12)20)16-19-21-9-14(18-17(21)23-16)11-6-7-22-10-11;/h2-10H,1H3;1H. The summed E-state index contributed by atoms with van der Waals surface area (Å²) < 4.78 is 4.03. The molecule has 4 heterocycles. The van der Waals surface area contributed by atoms with Crippen molar-refractivity contribution in [3.05, 3.63) is 53.5 Å². The summed E-state index contributed by atoms with van der Waals surface area (Å²) in [6.45, 7) is 0. The topological polar surface area (TPSA) is 35.1 Å². The van der Waals surface area contributed by atoms with Crippen LogP contribution in [-0.4, -0.2) is 19.2 Å². The van der Waals surface area contributed by atoms with Crippen molar-refractivity contribution in [3.8, 4) is 21.8 Å². The Morgan fingerprint density at radius 1 is 1.08 bits per heavy atom. The van der Waals surface area contributed by atoms with Gasteiger partial charge in [-0.25, -0.2) is 9.50 Å². The molecule has 0 spiro atoms. The first-order valence-corrected chi connectivity index (χ1v) is 8.99. The van der Waals surface area contributed by atoms with Gasteiger partial charge in [0.25, 0.3) is 0 Å². The molecule has 4 nitrogen and oxygen atoms in total. The molecule has 1 aromatic carbocycles. The normalized spacial score (nSPS) is 11.2. The van der Waals surface area contributed by atoms with Crippen molar-refractivity contribution < 1.29 is 0 Å². The second kappa shape index (κ2) is 5.84. The van der Waals surface area contributed by atoms with Crippen LogP contribution in [0.2, 0.25) is 0 Å². The van der Waals surface area contributed by atoms with Gasteiger partial charge in [0.1, 0.15) is 5.01 Å². The minimum Gasteiger partial charge on any atom is -0.350 e. The fourth-order valence-corrected chi connectivity index (χ4v) is 4.43. The summed E-state index contributed by atoms with van der Waals surface area (Å²) in [6.07, 6.45) is 4.14. The lowest BCUT2D eigenvalue weighted by Crippen LogP contribution is -1.82. The van der Waals surface area contributed by atoms with E-state index in [4.69, 9.17) is 10.1 Å². The van der Waals surface area contributed by atoms with E-state index < -0.39 is 0 Å². The third kappa shape index (κ3) is 2.31. The first-order chi connectivity index (χ1) is 11.3. The predicted octanol–water partition coefficient (Wildman–Crippen LogP) is 5.26. The van der Waals surface area contributed by atoms with E-state index in [0.717, 1.165) is 26.8 Å². The number of fused-ring (bicyclic) bond motifs is 2. The molecule has 4 aromatic heterocycles. The molecular formula is C17H13BrN4S2. The maximum atomic E-state index is 4.74. The van der Waals surface area contributed by atoms with Crippen LogP contribution in [0, 0.1) is 0 Å². The predicted molar refractivity (Wildman–Crippen MR) is 106 cm³/mol. The SMILES string of the molecule is Br.Cn1cc(-c2nn3cc(-c4ccsc4)nc3s2)c2ccccc21. The summed E-state index contributed by atoms with van der Waals surface area (Å²) in [5, 5.41) is 11.1. The highest BCUT2D eigenvalue weighted by Crippen LogP contribution is 2.34. The summed E-state index contributed by atoms with van der Waals surface area (Å²) in [5.74, 6) is 0. The minimum atomic E-state index is 0. The molecule has 0 atom stereocenters. The Balaban J connectivity index is 0.00000146. The van der Waals surface area contributed by atoms with Crippen molar-refractivity contribution in [2.45, 2.75) is 0 Å². The number of aryl methyl sites for hydroxylation is 1. The second-order valence-electron chi connectivity index (χ2n) is 5.44. The summed E-state index contributed by atoms with van der Waals surface area (Å²) >= 11 is 3.31. The van der Waals surface area contributed by atoms with Gasteiger partial charge < -0.3 is 4.57 Å². The Morgan fingerprint density at radius 3 is 2.75 bits per heavy atom. The lowest BCUT2D eigenvalue weighted by molar-refractivity contribution is 0.961. The molecule has 0 aliphatic carbocycles. The van der Waals surface area contributed by atoms with Gasteiger partial charge in [0.15, 0.2) is 0 Å². The molecule has 120 valence electrons. The van der Waals surface area contributed by atoms with Gasteiger partial charge in [0, 0.05) is 40.7 Å². The number of benzene rings is 1. The van der Waals surface area contributed by atoms with Gasteiger partial charge in [-0.2, -0.15) is 16.4 Å². The van der Waals surface area contributed by atoms with Gasteiger partial charge in [-0.05, 0) is 17.5 Å². The number of para-hydroxylation sites is 1. The zero-order chi connectivity index (χ0) is 15.4. The summed E-state index contributed by atoms with van der Waals surface area (Å²) in [6, 6.07) is 10.5. The lowest BCUT2D eigenvalue weighted by atomic mass is 10.2. The van der Waals surface area contributed by atoms with Crippen LogP contribution in [0.1, 0.15) is 0 Å². The second-order valence-corrected chi connectivity index (χ2v) is 7.18. The number of thiophene rings is 1. The van der Waals surface area contributed by atoms with Crippen LogP contribution in [0.25, 0.3) is 37.7 Å². The minimum absolute atomic E-state index is 0. The first kappa shape index (κ1) is 15.6. The molecule has 5 rings (SSSR count). The van der Waals surface area contributed by atoms with Crippen LogP contribution < -0.4 is 0 Å². The lowest BCUT2D eigenvalue weighted by Gasteiger charge is -1.93. The third-order valence-electron chi connectivity index (χ3n) is 3.99. The van der Waals surface area contributed by atoms with Crippen molar-refractivity contribution in [2.75, 3.05) is 0 Å². The van der Waals surface area contributed by atoms with E-state index in [0.29, 0.717) is 0 Å². The maximum Gasteiger partial charge on any atom is 0.213 e. The van der Waals surface area contributed by atoms with E-state index in [2.05, 4.69) is 58.9 Å². The van der Waals surface area contributed by atoms with Crippen molar-refractivity contribution in [3.63, 3.8) is 0 Å². The zero-order valence-electron chi connectivity index (χ0n) is 12.7. The molecule has 0 amide bonds. The summed E-state index contributed by atoms with van der Waals surface area (Å²) in [5.41, 5.74) is 4.51. The molecule has 0 aliphatic rings. The first-order valence-electron chi connectivity index (χ1n) is 7.23. The van der Waals surface area contributed by atoms with Crippen LogP contribution in [0.3, 0.4) is 0 Å². The highest BCUT2D eigenvalue weighted by Gasteiger charge is 2.15. The Labute approximate surface area is 156 Å². The molecule has 0 unspecified atom stereocenters. The molecular weight excluding hydrogens is 404 g/mol. The Morgan fingerprint density at radius 2 is 1.96 bits per heavy atom. The Kier molecular flexibility index (Phi) is 3.79. The van der Waals surface area contributed by atoms with Crippen LogP contribution in [0.5, 0.6) is 0 Å². The molecule has 0 radical (unpaired) electrons. The van der Waals surface area contributed by atoms with Gasteiger partial charge in [-0.15, -0.1) is 17.0 Å². The van der Waals surface area contributed by atoms with Gasteiger partial charge in [-0.3, -0.25) is 0 Å². The summed E-state index contributed by atoms with van der Waals surface area (Å²) in [4.78, 5) is 5.63. The average Bonchev–Trinajstić information content (AvgIpc) is 3.29. The number of halogens is 1.